The van der Waals surface area contributed by atoms with Gasteiger partial charge in [0.15, 0.2) is 0 Å². The molecule has 0 spiro atoms. The number of anilines is 1. The van der Waals surface area contributed by atoms with Crippen LogP contribution in [-0.2, 0) is 6.18 Å². The third kappa shape index (κ3) is 3.08. The van der Waals surface area contributed by atoms with E-state index in [0.29, 0.717) is 17.7 Å². The summed E-state index contributed by atoms with van der Waals surface area (Å²) in [4.78, 5) is 11.3. The molecule has 7 heteroatoms. The average Bonchev–Trinajstić information content (AvgIpc) is 3.10. The molecule has 27 heavy (non-hydrogen) atoms. The van der Waals surface area contributed by atoms with Gasteiger partial charge < -0.3 is 10.4 Å². The van der Waals surface area contributed by atoms with Crippen LogP contribution >= 0.6 is 11.6 Å². The Hall–Kier alpha value is -2.47. The van der Waals surface area contributed by atoms with Crippen LogP contribution in [-0.4, -0.2) is 11.1 Å². The zero-order valence-corrected chi connectivity index (χ0v) is 14.7. The van der Waals surface area contributed by atoms with Crippen molar-refractivity contribution in [2.24, 2.45) is 5.92 Å². The van der Waals surface area contributed by atoms with Crippen molar-refractivity contribution in [1.82, 2.24) is 0 Å². The van der Waals surface area contributed by atoms with Gasteiger partial charge in [-0.2, -0.15) is 13.2 Å². The highest BCUT2D eigenvalue weighted by Gasteiger charge is 2.40. The molecule has 0 aromatic heterocycles. The molecule has 1 heterocycles. The zero-order chi connectivity index (χ0) is 19.3. The number of rotatable bonds is 2. The highest BCUT2D eigenvalue weighted by atomic mass is 35.5. The van der Waals surface area contributed by atoms with Gasteiger partial charge in [-0.05, 0) is 47.7 Å². The predicted octanol–water partition coefficient (Wildman–Crippen LogP) is 5.88. The maximum absolute atomic E-state index is 13.1. The van der Waals surface area contributed by atoms with Crippen molar-refractivity contribution in [1.29, 1.82) is 0 Å². The maximum atomic E-state index is 13.1. The fraction of sp³-hybridized carbons (Fsp3) is 0.250. The van der Waals surface area contributed by atoms with Gasteiger partial charge in [0, 0.05) is 5.92 Å². The van der Waals surface area contributed by atoms with E-state index in [9.17, 15) is 23.1 Å². The van der Waals surface area contributed by atoms with Crippen LogP contribution in [0, 0.1) is 5.92 Å². The summed E-state index contributed by atoms with van der Waals surface area (Å²) in [6, 6.07) is 7.89. The zero-order valence-electron chi connectivity index (χ0n) is 13.9. The number of aromatic carboxylic acids is 1. The fourth-order valence-electron chi connectivity index (χ4n) is 4.02. The van der Waals surface area contributed by atoms with Crippen LogP contribution in [0.4, 0.5) is 18.9 Å². The van der Waals surface area contributed by atoms with Crippen LogP contribution in [0.25, 0.3) is 0 Å². The minimum Gasteiger partial charge on any atom is -0.478 e. The predicted molar refractivity (Wildman–Crippen MR) is 96.2 cm³/mol. The van der Waals surface area contributed by atoms with Crippen LogP contribution in [0.1, 0.15) is 45.4 Å². The summed E-state index contributed by atoms with van der Waals surface area (Å²) in [5.41, 5.74) is 1.28. The number of hydrogen-bond acceptors (Lipinski definition) is 2. The van der Waals surface area contributed by atoms with Gasteiger partial charge in [-0.25, -0.2) is 4.79 Å². The molecule has 2 aromatic carbocycles. The Morgan fingerprint density at radius 2 is 2.00 bits per heavy atom. The summed E-state index contributed by atoms with van der Waals surface area (Å²) in [5.74, 6) is -1.18. The number of nitrogens with one attached hydrogen (secondary N) is 1. The van der Waals surface area contributed by atoms with E-state index in [2.05, 4.69) is 5.32 Å². The summed E-state index contributed by atoms with van der Waals surface area (Å²) < 4.78 is 39.4. The minimum absolute atomic E-state index is 0.0129. The third-order valence-electron chi connectivity index (χ3n) is 5.24. The Balaban J connectivity index is 1.80. The van der Waals surface area contributed by atoms with Crippen molar-refractivity contribution in [3.63, 3.8) is 0 Å². The SMILES string of the molecule is O=C(O)c1cc(Cl)c2c(c1)[C@@H]1C=CC[C@@H]1[C@@H](c1cccc(C(F)(F)F)c1)N2. The number of allylic oxidation sites excluding steroid dienone is 2. The minimum atomic E-state index is -4.41. The van der Waals surface area contributed by atoms with Crippen molar-refractivity contribution < 1.29 is 23.1 Å². The van der Waals surface area contributed by atoms with Crippen molar-refractivity contribution in [2.45, 2.75) is 24.6 Å². The fourth-order valence-corrected chi connectivity index (χ4v) is 4.30. The van der Waals surface area contributed by atoms with Crippen LogP contribution < -0.4 is 5.32 Å². The summed E-state index contributed by atoms with van der Waals surface area (Å²) in [6.07, 6.45) is 0.234. The first-order chi connectivity index (χ1) is 12.8. The molecule has 2 aliphatic rings. The van der Waals surface area contributed by atoms with Gasteiger partial charge in [-0.1, -0.05) is 35.9 Å². The Bertz CT molecular complexity index is 955. The number of alkyl halides is 3. The molecule has 3 nitrogen and oxygen atoms in total. The van der Waals surface area contributed by atoms with Crippen molar-refractivity contribution in [2.75, 3.05) is 5.32 Å². The largest absolute Gasteiger partial charge is 0.478 e. The second-order valence-electron chi connectivity index (χ2n) is 6.83. The van der Waals surface area contributed by atoms with Gasteiger partial charge in [0.25, 0.3) is 0 Å². The molecule has 0 fully saturated rings. The Labute approximate surface area is 158 Å². The smallest absolute Gasteiger partial charge is 0.416 e. The van der Waals surface area contributed by atoms with Crippen LogP contribution in [0.15, 0.2) is 48.6 Å². The van der Waals surface area contributed by atoms with E-state index in [-0.39, 0.29) is 28.5 Å². The van der Waals surface area contributed by atoms with Gasteiger partial charge in [0.05, 0.1) is 27.9 Å². The molecule has 1 aliphatic carbocycles. The number of benzene rings is 2. The Morgan fingerprint density at radius 3 is 2.70 bits per heavy atom. The lowest BCUT2D eigenvalue weighted by atomic mass is 9.76. The summed E-state index contributed by atoms with van der Waals surface area (Å²) >= 11 is 6.31. The topological polar surface area (TPSA) is 49.3 Å². The first-order valence-corrected chi connectivity index (χ1v) is 8.80. The lowest BCUT2D eigenvalue weighted by molar-refractivity contribution is -0.137. The molecule has 3 atom stereocenters. The number of fused-ring (bicyclic) bond motifs is 3. The van der Waals surface area contributed by atoms with Gasteiger partial charge in [0.1, 0.15) is 0 Å². The quantitative estimate of drug-likeness (QED) is 0.626. The van der Waals surface area contributed by atoms with Gasteiger partial charge in [-0.15, -0.1) is 0 Å². The molecule has 140 valence electrons. The number of halogens is 4. The van der Waals surface area contributed by atoms with E-state index in [1.54, 1.807) is 12.1 Å². The second kappa shape index (κ2) is 6.30. The van der Waals surface area contributed by atoms with Crippen LogP contribution in [0.2, 0.25) is 5.02 Å². The highest BCUT2D eigenvalue weighted by molar-refractivity contribution is 6.33. The molecule has 0 radical (unpaired) electrons. The third-order valence-corrected chi connectivity index (χ3v) is 5.54. The van der Waals surface area contributed by atoms with Crippen molar-refractivity contribution in [3.8, 4) is 0 Å². The number of carboxylic acid groups (broad SMARTS) is 1. The Kier molecular flexibility index (Phi) is 4.18. The van der Waals surface area contributed by atoms with E-state index in [1.165, 1.54) is 12.1 Å². The second-order valence-corrected chi connectivity index (χ2v) is 7.23. The number of carbonyl (C=O) groups is 1. The van der Waals surface area contributed by atoms with Crippen LogP contribution in [0.3, 0.4) is 0 Å². The molecule has 4 rings (SSSR count). The number of carboxylic acids is 1. The van der Waals surface area contributed by atoms with Gasteiger partial charge >= 0.3 is 12.1 Å². The lowest BCUT2D eigenvalue weighted by Crippen LogP contribution is -2.29. The molecule has 2 N–H and O–H groups in total. The van der Waals surface area contributed by atoms with Crippen molar-refractivity contribution in [3.05, 3.63) is 75.8 Å². The molecule has 0 unspecified atom stereocenters. The first-order valence-electron chi connectivity index (χ1n) is 8.43. The van der Waals surface area contributed by atoms with E-state index < -0.39 is 17.7 Å². The molecule has 0 saturated heterocycles. The standard InChI is InChI=1S/C20H15ClF3NO2/c21-16-9-11(19(26)27)8-15-13-5-2-6-14(13)17(25-18(15)16)10-3-1-4-12(7-10)20(22,23)24/h1-5,7-9,13-14,17,25H,6H2,(H,26,27)/t13-,14+,17-/m1/s1. The van der Waals surface area contributed by atoms with Gasteiger partial charge in [0.2, 0.25) is 0 Å². The molecular formula is C20H15ClF3NO2. The average molecular weight is 394 g/mol. The lowest BCUT2D eigenvalue weighted by Gasteiger charge is -2.38. The van der Waals surface area contributed by atoms with E-state index in [0.717, 1.165) is 17.7 Å². The molecule has 2 aromatic rings. The molecule has 0 saturated carbocycles. The van der Waals surface area contributed by atoms with E-state index in [4.69, 9.17) is 11.6 Å². The molecule has 0 bridgehead atoms. The number of hydrogen-bond donors (Lipinski definition) is 2. The molecule has 0 amide bonds. The highest BCUT2D eigenvalue weighted by Crippen LogP contribution is 2.52. The summed E-state index contributed by atoms with van der Waals surface area (Å²) in [6.45, 7) is 0. The first kappa shape index (κ1) is 17.9. The molecule has 1 aliphatic heterocycles. The van der Waals surface area contributed by atoms with E-state index >= 15 is 0 Å². The summed E-state index contributed by atoms with van der Waals surface area (Å²) in [5, 5.41) is 12.8. The van der Waals surface area contributed by atoms with Gasteiger partial charge in [-0.3, -0.25) is 0 Å². The summed E-state index contributed by atoms with van der Waals surface area (Å²) in [7, 11) is 0. The van der Waals surface area contributed by atoms with Crippen LogP contribution in [0.5, 0.6) is 0 Å². The van der Waals surface area contributed by atoms with E-state index in [1.807, 2.05) is 12.2 Å². The maximum Gasteiger partial charge on any atom is 0.416 e. The van der Waals surface area contributed by atoms with Crippen molar-refractivity contribution >= 4 is 23.3 Å². The normalized spacial score (nSPS) is 23.5. The molecular weight excluding hydrogens is 379 g/mol. The monoisotopic (exact) mass is 393 g/mol. The Morgan fingerprint density at radius 1 is 1.22 bits per heavy atom.